The molecule has 2 aliphatic rings. The number of piperidine rings is 1. The fourth-order valence-electron chi connectivity index (χ4n) is 4.43. The molecule has 0 saturated carbocycles. The Morgan fingerprint density at radius 2 is 1.67 bits per heavy atom. The summed E-state index contributed by atoms with van der Waals surface area (Å²) < 4.78 is 11.1. The summed E-state index contributed by atoms with van der Waals surface area (Å²) in [5, 5.41) is 0. The van der Waals surface area contributed by atoms with Gasteiger partial charge in [-0.15, -0.1) is 0 Å². The summed E-state index contributed by atoms with van der Waals surface area (Å²) in [6.07, 6.45) is 2.94. The van der Waals surface area contributed by atoms with E-state index in [1.165, 1.54) is 4.90 Å². The van der Waals surface area contributed by atoms with Crippen LogP contribution in [0.25, 0.3) is 5.57 Å². The van der Waals surface area contributed by atoms with E-state index in [1.807, 2.05) is 48.5 Å². The van der Waals surface area contributed by atoms with Gasteiger partial charge in [0.2, 0.25) is 0 Å². The molecule has 0 aromatic heterocycles. The monoisotopic (exact) mass is 448 g/mol. The quantitative estimate of drug-likeness (QED) is 0.557. The Morgan fingerprint density at radius 1 is 0.970 bits per heavy atom. The van der Waals surface area contributed by atoms with Crippen molar-refractivity contribution in [1.82, 2.24) is 9.80 Å². The molecule has 0 N–H and O–H groups in total. The molecule has 0 atom stereocenters. The Hall–Kier alpha value is -3.28. The van der Waals surface area contributed by atoms with Crippen LogP contribution in [0, 0.1) is 5.92 Å². The van der Waals surface area contributed by atoms with Gasteiger partial charge in [0.05, 0.1) is 25.8 Å². The third-order valence-electron chi connectivity index (χ3n) is 6.38. The van der Waals surface area contributed by atoms with E-state index in [0.717, 1.165) is 49.2 Å². The largest absolute Gasteiger partial charge is 0.496 e. The fraction of sp³-hybridized carbons (Fsp3) is 0.407. The first-order chi connectivity index (χ1) is 16.0. The number of carbonyl (C=O) groups is 2. The van der Waals surface area contributed by atoms with Crippen LogP contribution in [-0.4, -0.2) is 48.4 Å². The minimum absolute atomic E-state index is 0.177. The summed E-state index contributed by atoms with van der Waals surface area (Å²) in [7, 11) is 1.60. The number of benzene rings is 2. The van der Waals surface area contributed by atoms with Gasteiger partial charge in [-0.3, -0.25) is 14.5 Å². The van der Waals surface area contributed by atoms with Crippen molar-refractivity contribution in [3.63, 3.8) is 0 Å². The van der Waals surface area contributed by atoms with Gasteiger partial charge in [-0.05, 0) is 48.9 Å². The summed E-state index contributed by atoms with van der Waals surface area (Å²) in [4.78, 5) is 30.7. The molecule has 0 unspecified atom stereocenters. The lowest BCUT2D eigenvalue weighted by Gasteiger charge is -2.32. The number of likely N-dealkylation sites (tertiary alicyclic amines) is 1. The van der Waals surface area contributed by atoms with Crippen molar-refractivity contribution >= 4 is 17.4 Å². The van der Waals surface area contributed by atoms with Crippen LogP contribution in [0.5, 0.6) is 11.5 Å². The highest BCUT2D eigenvalue weighted by atomic mass is 16.5. The molecule has 2 aromatic rings. The predicted octanol–water partition coefficient (Wildman–Crippen LogP) is 4.50. The topological polar surface area (TPSA) is 59.1 Å². The van der Waals surface area contributed by atoms with Gasteiger partial charge in [0.1, 0.15) is 17.2 Å². The second-order valence-corrected chi connectivity index (χ2v) is 8.77. The maximum Gasteiger partial charge on any atom is 0.278 e. The molecule has 0 radical (unpaired) electrons. The first-order valence-electron chi connectivity index (χ1n) is 11.7. The first kappa shape index (κ1) is 22.9. The molecule has 0 spiro atoms. The smallest absolute Gasteiger partial charge is 0.278 e. The second kappa shape index (κ2) is 10.1. The number of imide groups is 1. The maximum absolute atomic E-state index is 13.6. The van der Waals surface area contributed by atoms with Crippen molar-refractivity contribution in [2.45, 2.75) is 39.7 Å². The number of rotatable bonds is 8. The molecular weight excluding hydrogens is 416 g/mol. The van der Waals surface area contributed by atoms with Crippen molar-refractivity contribution in [2.75, 3.05) is 26.8 Å². The Bertz CT molecular complexity index is 1040. The average molecular weight is 449 g/mol. The summed E-state index contributed by atoms with van der Waals surface area (Å²) in [5.41, 5.74) is 2.54. The number of ether oxygens (including phenoxy) is 2. The SMILES string of the molecule is CCCOc1ccc(C2=C(N3CCC(C)CC3)C(=O)N(Cc3ccccc3OC)C2=O)cc1. The molecule has 4 rings (SSSR count). The number of methoxy groups -OCH3 is 1. The van der Waals surface area contributed by atoms with E-state index >= 15 is 0 Å². The number of carbonyl (C=O) groups excluding carboxylic acids is 2. The second-order valence-electron chi connectivity index (χ2n) is 8.77. The van der Waals surface area contributed by atoms with Gasteiger partial charge >= 0.3 is 0 Å². The highest BCUT2D eigenvalue weighted by molar-refractivity contribution is 6.35. The fourth-order valence-corrected chi connectivity index (χ4v) is 4.43. The van der Waals surface area contributed by atoms with Crippen molar-refractivity contribution in [3.05, 3.63) is 65.4 Å². The number of nitrogens with zero attached hydrogens (tertiary/aromatic N) is 2. The Labute approximate surface area is 195 Å². The molecule has 2 aromatic carbocycles. The molecule has 6 heteroatoms. The van der Waals surface area contributed by atoms with Crippen LogP contribution in [0.1, 0.15) is 44.2 Å². The van der Waals surface area contributed by atoms with Gasteiger partial charge in [0, 0.05) is 18.7 Å². The maximum atomic E-state index is 13.6. The van der Waals surface area contributed by atoms with E-state index in [4.69, 9.17) is 9.47 Å². The molecule has 2 aliphatic heterocycles. The first-order valence-corrected chi connectivity index (χ1v) is 11.7. The standard InChI is InChI=1S/C27H32N2O4/c1-4-17-33-22-11-9-20(10-12-22)24-25(28-15-13-19(2)14-16-28)27(31)29(26(24)30)18-21-7-5-6-8-23(21)32-3/h5-12,19H,4,13-18H2,1-3H3. The lowest BCUT2D eigenvalue weighted by molar-refractivity contribution is -0.138. The van der Waals surface area contributed by atoms with E-state index in [0.29, 0.717) is 29.5 Å². The van der Waals surface area contributed by atoms with Gasteiger partial charge in [-0.2, -0.15) is 0 Å². The summed E-state index contributed by atoms with van der Waals surface area (Å²) in [5.74, 6) is 1.55. The highest BCUT2D eigenvalue weighted by Gasteiger charge is 2.42. The molecule has 33 heavy (non-hydrogen) atoms. The van der Waals surface area contributed by atoms with Gasteiger partial charge in [-0.25, -0.2) is 0 Å². The molecule has 1 fully saturated rings. The zero-order valence-corrected chi connectivity index (χ0v) is 19.7. The van der Waals surface area contributed by atoms with Crippen molar-refractivity contribution < 1.29 is 19.1 Å². The number of hydrogen-bond donors (Lipinski definition) is 0. The molecule has 174 valence electrons. The van der Waals surface area contributed by atoms with Crippen molar-refractivity contribution in [1.29, 1.82) is 0 Å². The van der Waals surface area contributed by atoms with Crippen LogP contribution >= 0.6 is 0 Å². The minimum Gasteiger partial charge on any atom is -0.496 e. The van der Waals surface area contributed by atoms with Crippen LogP contribution in [0.15, 0.2) is 54.2 Å². The van der Waals surface area contributed by atoms with Crippen LogP contribution < -0.4 is 9.47 Å². The lowest BCUT2D eigenvalue weighted by atomic mass is 9.97. The molecule has 1 saturated heterocycles. The Morgan fingerprint density at radius 3 is 2.33 bits per heavy atom. The van der Waals surface area contributed by atoms with Crippen LogP contribution in [-0.2, 0) is 16.1 Å². The minimum atomic E-state index is -0.262. The van der Waals surface area contributed by atoms with Crippen LogP contribution in [0.3, 0.4) is 0 Å². The van der Waals surface area contributed by atoms with Crippen molar-refractivity contribution in [2.24, 2.45) is 5.92 Å². The average Bonchev–Trinajstić information content (AvgIpc) is 3.08. The number of hydrogen-bond acceptors (Lipinski definition) is 5. The van der Waals surface area contributed by atoms with E-state index < -0.39 is 0 Å². The Kier molecular flexibility index (Phi) is 7.02. The van der Waals surface area contributed by atoms with Crippen LogP contribution in [0.2, 0.25) is 0 Å². The third kappa shape index (κ3) is 4.75. The zero-order chi connectivity index (χ0) is 23.4. The number of amides is 2. The third-order valence-corrected chi connectivity index (χ3v) is 6.38. The van der Waals surface area contributed by atoms with Gasteiger partial charge in [0.25, 0.3) is 11.8 Å². The Balaban J connectivity index is 1.69. The van der Waals surface area contributed by atoms with Crippen LogP contribution in [0.4, 0.5) is 0 Å². The molecule has 6 nitrogen and oxygen atoms in total. The summed E-state index contributed by atoms with van der Waals surface area (Å²) in [6, 6.07) is 15.0. The van der Waals surface area contributed by atoms with E-state index in [1.54, 1.807) is 7.11 Å². The lowest BCUT2D eigenvalue weighted by Crippen LogP contribution is -2.38. The van der Waals surface area contributed by atoms with Gasteiger partial charge in [0.15, 0.2) is 0 Å². The molecular formula is C27H32N2O4. The molecule has 2 amide bonds. The van der Waals surface area contributed by atoms with E-state index in [9.17, 15) is 9.59 Å². The molecule has 0 bridgehead atoms. The molecule has 2 heterocycles. The summed E-state index contributed by atoms with van der Waals surface area (Å²) in [6.45, 7) is 6.67. The van der Waals surface area contributed by atoms with Gasteiger partial charge < -0.3 is 14.4 Å². The van der Waals surface area contributed by atoms with Gasteiger partial charge in [-0.1, -0.05) is 44.2 Å². The molecule has 0 aliphatic carbocycles. The summed E-state index contributed by atoms with van der Waals surface area (Å²) >= 11 is 0. The predicted molar refractivity (Wildman–Crippen MR) is 128 cm³/mol. The normalized spacial score (nSPS) is 17.2. The van der Waals surface area contributed by atoms with Crippen molar-refractivity contribution in [3.8, 4) is 11.5 Å². The van der Waals surface area contributed by atoms with E-state index in [-0.39, 0.29) is 18.4 Å². The zero-order valence-electron chi connectivity index (χ0n) is 19.7. The van der Waals surface area contributed by atoms with E-state index in [2.05, 4.69) is 18.7 Å². The number of para-hydroxylation sites is 1. The highest BCUT2D eigenvalue weighted by Crippen LogP contribution is 2.36.